The van der Waals surface area contributed by atoms with E-state index in [1.54, 1.807) is 22.8 Å². The zero-order valence-electron chi connectivity index (χ0n) is 15.0. The molecular weight excluding hydrogens is 338 g/mol. The highest BCUT2D eigenvalue weighted by Gasteiger charge is 2.37. The number of piperidine rings is 1. The number of rotatable bonds is 4. The fraction of sp³-hybridized carbons (Fsp3) is 0.611. The van der Waals surface area contributed by atoms with Gasteiger partial charge < -0.3 is 24.3 Å². The maximum Gasteiger partial charge on any atom is 0.287 e. The van der Waals surface area contributed by atoms with Crippen molar-refractivity contribution in [3.05, 3.63) is 24.2 Å². The number of hydrogen-bond donors (Lipinski definition) is 1. The molecule has 1 aromatic heterocycles. The molecule has 0 aliphatic carbocycles. The van der Waals surface area contributed by atoms with Crippen molar-refractivity contribution in [2.75, 3.05) is 32.8 Å². The minimum atomic E-state index is -0.731. The summed E-state index contributed by atoms with van der Waals surface area (Å²) >= 11 is 0. The number of nitrogens with one attached hydrogen (secondary N) is 1. The third-order valence-corrected chi connectivity index (χ3v) is 4.86. The Kier molecular flexibility index (Phi) is 5.92. The Hall–Kier alpha value is -2.35. The van der Waals surface area contributed by atoms with E-state index in [0.29, 0.717) is 39.3 Å². The van der Waals surface area contributed by atoms with Crippen molar-refractivity contribution in [3.63, 3.8) is 0 Å². The van der Waals surface area contributed by atoms with E-state index >= 15 is 0 Å². The van der Waals surface area contributed by atoms with Crippen molar-refractivity contribution < 1.29 is 23.5 Å². The minimum absolute atomic E-state index is 0.0223. The number of morpholine rings is 1. The van der Waals surface area contributed by atoms with Crippen LogP contribution < -0.4 is 5.32 Å². The van der Waals surface area contributed by atoms with Gasteiger partial charge >= 0.3 is 0 Å². The molecule has 142 valence electrons. The molecule has 0 spiro atoms. The van der Waals surface area contributed by atoms with Crippen LogP contribution in [0, 0.1) is 0 Å². The van der Waals surface area contributed by atoms with E-state index < -0.39 is 18.0 Å². The summed E-state index contributed by atoms with van der Waals surface area (Å²) in [7, 11) is 0. The largest absolute Gasteiger partial charge is 0.459 e. The molecule has 2 saturated heterocycles. The second-order valence-electron chi connectivity index (χ2n) is 6.65. The number of nitrogens with zero attached hydrogens (tertiary/aromatic N) is 2. The Morgan fingerprint density at radius 2 is 1.96 bits per heavy atom. The SMILES string of the molecule is CC(NC(=O)c1ccco1)C(=O)N1CCCCC1C(=O)N1CCOCC1. The molecule has 2 fully saturated rings. The van der Waals surface area contributed by atoms with Crippen LogP contribution in [0.3, 0.4) is 0 Å². The van der Waals surface area contributed by atoms with Crippen LogP contribution >= 0.6 is 0 Å². The van der Waals surface area contributed by atoms with Gasteiger partial charge in [-0.1, -0.05) is 0 Å². The number of amides is 3. The normalized spacial score (nSPS) is 22.0. The predicted octanol–water partition coefficient (Wildman–Crippen LogP) is 0.638. The van der Waals surface area contributed by atoms with Gasteiger partial charge in [-0.05, 0) is 38.3 Å². The monoisotopic (exact) mass is 363 g/mol. The Morgan fingerprint density at radius 3 is 2.65 bits per heavy atom. The van der Waals surface area contributed by atoms with Crippen LogP contribution in [0.15, 0.2) is 22.8 Å². The molecule has 3 rings (SSSR count). The lowest BCUT2D eigenvalue weighted by Gasteiger charge is -2.39. The third kappa shape index (κ3) is 4.07. The predicted molar refractivity (Wildman–Crippen MR) is 92.4 cm³/mol. The van der Waals surface area contributed by atoms with Crippen LogP contribution in [0.2, 0.25) is 0 Å². The van der Waals surface area contributed by atoms with Crippen LogP contribution in [-0.2, 0) is 14.3 Å². The van der Waals surface area contributed by atoms with Crippen molar-refractivity contribution in [2.24, 2.45) is 0 Å². The van der Waals surface area contributed by atoms with Gasteiger partial charge in [0, 0.05) is 19.6 Å². The molecule has 3 amide bonds. The molecule has 1 N–H and O–H groups in total. The maximum atomic E-state index is 12.9. The van der Waals surface area contributed by atoms with Gasteiger partial charge in [-0.3, -0.25) is 14.4 Å². The molecule has 2 atom stereocenters. The Balaban J connectivity index is 1.65. The fourth-order valence-electron chi connectivity index (χ4n) is 3.43. The highest BCUT2D eigenvalue weighted by Crippen LogP contribution is 2.21. The van der Waals surface area contributed by atoms with Gasteiger partial charge in [0.15, 0.2) is 5.76 Å². The van der Waals surface area contributed by atoms with Gasteiger partial charge in [-0.25, -0.2) is 0 Å². The number of carbonyl (C=O) groups is 3. The van der Waals surface area contributed by atoms with Crippen LogP contribution in [0.5, 0.6) is 0 Å². The number of likely N-dealkylation sites (tertiary alicyclic amines) is 1. The summed E-state index contributed by atoms with van der Waals surface area (Å²) in [6.07, 6.45) is 3.83. The van der Waals surface area contributed by atoms with E-state index in [1.165, 1.54) is 12.3 Å². The molecule has 26 heavy (non-hydrogen) atoms. The van der Waals surface area contributed by atoms with Gasteiger partial charge in [-0.2, -0.15) is 0 Å². The van der Waals surface area contributed by atoms with Gasteiger partial charge in [0.1, 0.15) is 12.1 Å². The summed E-state index contributed by atoms with van der Waals surface area (Å²) in [6, 6.07) is 1.96. The summed E-state index contributed by atoms with van der Waals surface area (Å²) in [5.74, 6) is -0.546. The standard InChI is InChI=1S/C18H25N3O5/c1-13(19-16(22)15-6-4-10-26-15)17(23)21-7-3-2-5-14(21)18(24)20-8-11-25-12-9-20/h4,6,10,13-14H,2-3,5,7-9,11-12H2,1H3,(H,19,22). The lowest BCUT2D eigenvalue weighted by molar-refractivity contribution is -0.150. The summed E-state index contributed by atoms with van der Waals surface area (Å²) in [5, 5.41) is 2.65. The van der Waals surface area contributed by atoms with Crippen LogP contribution in [-0.4, -0.2) is 72.5 Å². The number of furan rings is 1. The fourth-order valence-corrected chi connectivity index (χ4v) is 3.43. The quantitative estimate of drug-likeness (QED) is 0.847. The lowest BCUT2D eigenvalue weighted by Crippen LogP contribution is -2.58. The summed E-state index contributed by atoms with van der Waals surface area (Å²) in [5.41, 5.74) is 0. The van der Waals surface area contributed by atoms with Crippen molar-refractivity contribution in [2.45, 2.75) is 38.3 Å². The van der Waals surface area contributed by atoms with E-state index in [-0.39, 0.29) is 17.6 Å². The minimum Gasteiger partial charge on any atom is -0.459 e. The zero-order valence-corrected chi connectivity index (χ0v) is 15.0. The van der Waals surface area contributed by atoms with Crippen molar-refractivity contribution in [3.8, 4) is 0 Å². The van der Waals surface area contributed by atoms with Gasteiger partial charge in [0.2, 0.25) is 11.8 Å². The molecule has 2 aliphatic heterocycles. The molecule has 0 bridgehead atoms. The maximum absolute atomic E-state index is 12.9. The second-order valence-corrected chi connectivity index (χ2v) is 6.65. The molecule has 3 heterocycles. The highest BCUT2D eigenvalue weighted by atomic mass is 16.5. The van der Waals surface area contributed by atoms with Gasteiger partial charge in [0.25, 0.3) is 5.91 Å². The van der Waals surface area contributed by atoms with Gasteiger partial charge in [0.05, 0.1) is 19.5 Å². The first-order chi connectivity index (χ1) is 12.6. The summed E-state index contributed by atoms with van der Waals surface area (Å²) in [6.45, 7) is 4.34. The molecule has 0 radical (unpaired) electrons. The lowest BCUT2D eigenvalue weighted by atomic mass is 9.99. The molecule has 0 saturated carbocycles. The number of carbonyl (C=O) groups excluding carboxylic acids is 3. The molecular formula is C18H25N3O5. The number of ether oxygens (including phenoxy) is 1. The first-order valence-corrected chi connectivity index (χ1v) is 9.09. The molecule has 2 unspecified atom stereocenters. The first-order valence-electron chi connectivity index (χ1n) is 9.09. The Labute approximate surface area is 152 Å². The molecule has 0 aromatic carbocycles. The Bertz CT molecular complexity index is 639. The molecule has 1 aromatic rings. The van der Waals surface area contributed by atoms with Crippen molar-refractivity contribution in [1.29, 1.82) is 0 Å². The van der Waals surface area contributed by atoms with E-state index in [4.69, 9.17) is 9.15 Å². The second kappa shape index (κ2) is 8.35. The van der Waals surface area contributed by atoms with E-state index in [1.807, 2.05) is 0 Å². The van der Waals surface area contributed by atoms with Crippen LogP contribution in [0.1, 0.15) is 36.7 Å². The average molecular weight is 363 g/mol. The van der Waals surface area contributed by atoms with E-state index in [2.05, 4.69) is 5.32 Å². The third-order valence-electron chi connectivity index (χ3n) is 4.86. The zero-order chi connectivity index (χ0) is 18.5. The van der Waals surface area contributed by atoms with Crippen LogP contribution in [0.25, 0.3) is 0 Å². The highest BCUT2D eigenvalue weighted by molar-refractivity contribution is 5.96. The summed E-state index contributed by atoms with van der Waals surface area (Å²) in [4.78, 5) is 41.3. The van der Waals surface area contributed by atoms with Crippen molar-refractivity contribution >= 4 is 17.7 Å². The first kappa shape index (κ1) is 18.4. The molecule has 8 nitrogen and oxygen atoms in total. The topological polar surface area (TPSA) is 92.1 Å². The molecule has 2 aliphatic rings. The smallest absolute Gasteiger partial charge is 0.287 e. The van der Waals surface area contributed by atoms with Crippen LogP contribution in [0.4, 0.5) is 0 Å². The van der Waals surface area contributed by atoms with E-state index in [0.717, 1.165) is 12.8 Å². The molecule has 8 heteroatoms. The Morgan fingerprint density at radius 1 is 1.19 bits per heavy atom. The van der Waals surface area contributed by atoms with E-state index in [9.17, 15) is 14.4 Å². The van der Waals surface area contributed by atoms with Crippen molar-refractivity contribution in [1.82, 2.24) is 15.1 Å². The summed E-state index contributed by atoms with van der Waals surface area (Å²) < 4.78 is 10.3. The van der Waals surface area contributed by atoms with Gasteiger partial charge in [-0.15, -0.1) is 0 Å². The average Bonchev–Trinajstić information content (AvgIpc) is 3.22. The number of hydrogen-bond acceptors (Lipinski definition) is 5.